The molecule has 2 bridgehead atoms. The summed E-state index contributed by atoms with van der Waals surface area (Å²) < 4.78 is 0. The summed E-state index contributed by atoms with van der Waals surface area (Å²) in [6.45, 7) is 3.04. The second-order valence-corrected chi connectivity index (χ2v) is 15.4. The first-order valence-electron chi connectivity index (χ1n) is 20.3. The Morgan fingerprint density at radius 3 is 2.41 bits per heavy atom. The van der Waals surface area contributed by atoms with Gasteiger partial charge in [0.1, 0.15) is 17.6 Å². The number of fused-ring (bicyclic) bond motifs is 3. The fourth-order valence-electron chi connectivity index (χ4n) is 8.30. The Hall–Kier alpha value is -6.29. The molecule has 3 fully saturated rings. The summed E-state index contributed by atoms with van der Waals surface area (Å²) in [4.78, 5) is 85.1. The molecule has 0 saturated carbocycles. The van der Waals surface area contributed by atoms with E-state index < -0.39 is 30.0 Å². The fraction of sp³-hybridized carbons (Fsp3) is 0.419. The van der Waals surface area contributed by atoms with Crippen LogP contribution in [-0.2, 0) is 14.4 Å². The molecule has 1 aromatic heterocycles. The molecule has 2 aromatic carbocycles. The quantitative estimate of drug-likeness (QED) is 0.0474. The number of aliphatic hydroxyl groups excluding tert-OH is 1. The zero-order valence-electron chi connectivity index (χ0n) is 32.8. The van der Waals surface area contributed by atoms with Gasteiger partial charge in [0.25, 0.3) is 11.8 Å². The number of aromatic nitrogens is 1. The lowest BCUT2D eigenvalue weighted by Gasteiger charge is -2.34. The van der Waals surface area contributed by atoms with Crippen molar-refractivity contribution in [2.24, 2.45) is 0 Å². The SMILES string of the molecule is O=C(CCCNc1cccc2c1C(=O)N(C1CCC(=O)NC1=O)C2O)NCCCCCCNC(=O)c1ccc(N2C[C@H]3C[C@@H]2CN3/C=C/C(=O)c2ccccc2O)nc1. The number of carbonyl (C=O) groups is 6. The number of aromatic hydroxyl groups is 1. The van der Waals surface area contributed by atoms with Crippen molar-refractivity contribution in [3.8, 4) is 5.75 Å². The Labute approximate surface area is 342 Å². The number of carbonyl (C=O) groups excluding carboxylic acids is 6. The summed E-state index contributed by atoms with van der Waals surface area (Å²) in [5.41, 5.74) is 1.97. The zero-order valence-corrected chi connectivity index (χ0v) is 32.8. The van der Waals surface area contributed by atoms with Gasteiger partial charge < -0.3 is 36.0 Å². The number of imide groups is 1. The number of unbranched alkanes of at least 4 members (excludes halogenated alkanes) is 3. The Morgan fingerprint density at radius 2 is 1.68 bits per heavy atom. The average Bonchev–Trinajstić information content (AvgIpc) is 3.91. The number of piperazine rings is 1. The molecule has 16 heteroatoms. The predicted molar refractivity (Wildman–Crippen MR) is 217 cm³/mol. The maximum Gasteiger partial charge on any atom is 0.259 e. The molecule has 4 atom stereocenters. The molecule has 3 saturated heterocycles. The number of para-hydroxylation sites is 1. The summed E-state index contributed by atoms with van der Waals surface area (Å²) in [5.74, 6) is -1.17. The topological polar surface area (TPSA) is 214 Å². The fourth-order valence-corrected chi connectivity index (χ4v) is 8.30. The smallest absolute Gasteiger partial charge is 0.259 e. The van der Waals surface area contributed by atoms with Gasteiger partial charge >= 0.3 is 0 Å². The molecule has 310 valence electrons. The molecule has 4 aliphatic rings. The van der Waals surface area contributed by atoms with Crippen LogP contribution in [0.25, 0.3) is 0 Å². The van der Waals surface area contributed by atoms with Gasteiger partial charge in [0.2, 0.25) is 17.7 Å². The molecule has 5 heterocycles. The molecule has 0 spiro atoms. The lowest BCUT2D eigenvalue weighted by molar-refractivity contribution is -0.139. The van der Waals surface area contributed by atoms with Gasteiger partial charge in [0.05, 0.1) is 16.7 Å². The van der Waals surface area contributed by atoms with Crippen molar-refractivity contribution >= 4 is 46.8 Å². The predicted octanol–water partition coefficient (Wildman–Crippen LogP) is 3.00. The number of hydrogen-bond acceptors (Lipinski definition) is 12. The number of pyridine rings is 1. The maximum absolute atomic E-state index is 13.3. The number of likely N-dealkylation sites (tertiary alicyclic amines) is 1. The van der Waals surface area contributed by atoms with Crippen molar-refractivity contribution in [3.63, 3.8) is 0 Å². The van der Waals surface area contributed by atoms with Crippen LogP contribution in [0.5, 0.6) is 5.75 Å². The van der Waals surface area contributed by atoms with E-state index in [4.69, 9.17) is 0 Å². The molecule has 2 unspecified atom stereocenters. The van der Waals surface area contributed by atoms with Crippen LogP contribution in [0.4, 0.5) is 11.5 Å². The number of allylic oxidation sites excluding steroid dienone is 1. The number of phenolic OH excluding ortho intramolecular Hbond substituents is 1. The molecule has 5 amide bonds. The molecule has 0 radical (unpaired) electrons. The highest BCUT2D eigenvalue weighted by Crippen LogP contribution is 2.39. The Morgan fingerprint density at radius 1 is 0.881 bits per heavy atom. The van der Waals surface area contributed by atoms with Crippen LogP contribution in [0, 0.1) is 0 Å². The van der Waals surface area contributed by atoms with E-state index in [0.29, 0.717) is 49.3 Å². The van der Waals surface area contributed by atoms with Crippen LogP contribution in [0.1, 0.15) is 101 Å². The molecule has 7 rings (SSSR count). The number of nitrogens with zero attached hydrogens (tertiary/aromatic N) is 4. The zero-order chi connectivity index (χ0) is 41.5. The van der Waals surface area contributed by atoms with Crippen LogP contribution in [-0.4, -0.2) is 111 Å². The number of rotatable bonds is 18. The average molecular weight is 807 g/mol. The van der Waals surface area contributed by atoms with E-state index in [1.54, 1.807) is 48.7 Å². The highest BCUT2D eigenvalue weighted by atomic mass is 16.3. The minimum absolute atomic E-state index is 0.0290. The van der Waals surface area contributed by atoms with E-state index in [9.17, 15) is 39.0 Å². The number of anilines is 2. The first-order chi connectivity index (χ1) is 28.6. The number of phenols is 1. The number of nitrogens with one attached hydrogen (secondary N) is 4. The molecular weight excluding hydrogens is 757 g/mol. The van der Waals surface area contributed by atoms with Gasteiger partial charge in [-0.15, -0.1) is 0 Å². The van der Waals surface area contributed by atoms with Crippen molar-refractivity contribution in [3.05, 3.63) is 95.3 Å². The van der Waals surface area contributed by atoms with Gasteiger partial charge in [-0.1, -0.05) is 37.1 Å². The van der Waals surface area contributed by atoms with E-state index >= 15 is 0 Å². The second kappa shape index (κ2) is 18.5. The normalized spacial score (nSPS) is 20.9. The van der Waals surface area contributed by atoms with Gasteiger partial charge in [0, 0.05) is 87.4 Å². The van der Waals surface area contributed by atoms with Gasteiger partial charge in [0.15, 0.2) is 12.0 Å². The molecule has 6 N–H and O–H groups in total. The largest absolute Gasteiger partial charge is 0.507 e. The van der Waals surface area contributed by atoms with Crippen LogP contribution in [0.3, 0.4) is 0 Å². The monoisotopic (exact) mass is 806 g/mol. The van der Waals surface area contributed by atoms with Crippen LogP contribution in [0.15, 0.2) is 73.1 Å². The van der Waals surface area contributed by atoms with E-state index in [2.05, 4.69) is 36.1 Å². The summed E-state index contributed by atoms with van der Waals surface area (Å²) >= 11 is 0. The van der Waals surface area contributed by atoms with Gasteiger partial charge in [-0.05, 0) is 62.4 Å². The Balaban J connectivity index is 0.731. The van der Waals surface area contributed by atoms with E-state index in [1.165, 1.54) is 12.1 Å². The number of hydrogen-bond donors (Lipinski definition) is 6. The standard InChI is InChI=1S/C43H50N8O8/c52-34-12-4-3-9-30(34)35(53)18-22-49-25-29-23-28(49)26-50(29)36-16-14-27(24-47-36)40(56)46-20-6-2-1-5-19-45-37(54)13-8-21-44-32-11-7-10-31-39(32)43(59)51(42(31)58)33-15-17-38(55)48-41(33)57/h3-4,7,9-12,14,16,18,22,24,28-29,33,42,44,52,58H,1-2,5-6,8,13,15,17,19-21,23,25-26H2,(H,45,54)(H,46,56)(H,48,55,57)/b22-18+/t28-,29-,33?,42?/m1/s1. The number of benzene rings is 2. The van der Waals surface area contributed by atoms with Crippen molar-refractivity contribution in [2.75, 3.05) is 42.9 Å². The van der Waals surface area contributed by atoms with Gasteiger partial charge in [-0.2, -0.15) is 0 Å². The minimum Gasteiger partial charge on any atom is -0.507 e. The first kappa shape index (κ1) is 40.9. The minimum atomic E-state index is -1.30. The van der Waals surface area contributed by atoms with Crippen LogP contribution >= 0.6 is 0 Å². The Bertz CT molecular complexity index is 2110. The molecule has 59 heavy (non-hydrogen) atoms. The molecule has 4 aliphatic heterocycles. The molecule has 0 aliphatic carbocycles. The number of ketones is 1. The van der Waals surface area contributed by atoms with E-state index in [1.807, 2.05) is 12.3 Å². The number of amides is 5. The number of aliphatic hydroxyl groups is 1. The highest BCUT2D eigenvalue weighted by Gasteiger charge is 2.45. The van der Waals surface area contributed by atoms with E-state index in [0.717, 1.165) is 55.9 Å². The van der Waals surface area contributed by atoms with E-state index in [-0.39, 0.29) is 59.4 Å². The summed E-state index contributed by atoms with van der Waals surface area (Å²) in [6.07, 6.45) is 9.08. The first-order valence-corrected chi connectivity index (χ1v) is 20.3. The van der Waals surface area contributed by atoms with Crippen molar-refractivity contribution in [1.29, 1.82) is 0 Å². The van der Waals surface area contributed by atoms with Gasteiger partial charge in [-0.25, -0.2) is 4.98 Å². The van der Waals surface area contributed by atoms with Crippen molar-refractivity contribution < 1.29 is 39.0 Å². The third-order valence-corrected chi connectivity index (χ3v) is 11.4. The highest BCUT2D eigenvalue weighted by molar-refractivity contribution is 6.08. The molecule has 16 nitrogen and oxygen atoms in total. The number of piperidine rings is 1. The maximum atomic E-state index is 13.3. The third-order valence-electron chi connectivity index (χ3n) is 11.4. The molecular formula is C43H50N8O8. The lowest BCUT2D eigenvalue weighted by atomic mass is 10.0. The molecule has 3 aromatic rings. The lowest BCUT2D eigenvalue weighted by Crippen LogP contribution is -2.53. The van der Waals surface area contributed by atoms with Gasteiger partial charge in [-0.3, -0.25) is 39.0 Å². The third kappa shape index (κ3) is 9.38. The summed E-state index contributed by atoms with van der Waals surface area (Å²) in [5, 5.41) is 32.2. The summed E-state index contributed by atoms with van der Waals surface area (Å²) in [6, 6.07) is 14.8. The summed E-state index contributed by atoms with van der Waals surface area (Å²) in [7, 11) is 0. The van der Waals surface area contributed by atoms with Crippen LogP contribution < -0.4 is 26.2 Å². The Kier molecular flexibility index (Phi) is 12.8. The second-order valence-electron chi connectivity index (χ2n) is 15.4. The van der Waals surface area contributed by atoms with Crippen molar-refractivity contribution in [2.45, 2.75) is 82.1 Å². The van der Waals surface area contributed by atoms with Crippen LogP contribution in [0.2, 0.25) is 0 Å². The van der Waals surface area contributed by atoms with Crippen molar-refractivity contribution in [1.82, 2.24) is 30.7 Å².